The Bertz CT molecular complexity index is 862. The quantitative estimate of drug-likeness (QED) is 0.771. The number of rotatable bonds is 6. The van der Waals surface area contributed by atoms with E-state index in [0.717, 1.165) is 36.3 Å². The number of ether oxygens (including phenoxy) is 1. The van der Waals surface area contributed by atoms with Crippen molar-refractivity contribution < 1.29 is 14.3 Å². The normalized spacial score (nSPS) is 17.6. The number of nitrogens with one attached hydrogen (secondary N) is 2. The summed E-state index contributed by atoms with van der Waals surface area (Å²) in [7, 11) is 0. The third-order valence-corrected chi connectivity index (χ3v) is 5.26. The molecular weight excluding hydrogens is 340 g/mol. The van der Waals surface area contributed by atoms with Crippen molar-refractivity contribution in [3.8, 4) is 5.75 Å². The van der Waals surface area contributed by atoms with Crippen molar-refractivity contribution in [2.45, 2.75) is 44.6 Å². The highest BCUT2D eigenvalue weighted by molar-refractivity contribution is 5.94. The number of carbonyl (C=O) groups is 2. The molecule has 0 saturated heterocycles. The van der Waals surface area contributed by atoms with Gasteiger partial charge >= 0.3 is 0 Å². The molecular formula is C22H24N2O3. The number of benzene rings is 2. The number of hydrogen-bond donors (Lipinski definition) is 2. The van der Waals surface area contributed by atoms with E-state index < -0.39 is 0 Å². The van der Waals surface area contributed by atoms with E-state index in [0.29, 0.717) is 25.9 Å². The molecule has 140 valence electrons. The van der Waals surface area contributed by atoms with Gasteiger partial charge in [-0.05, 0) is 60.6 Å². The molecule has 2 aromatic rings. The van der Waals surface area contributed by atoms with E-state index in [1.807, 2.05) is 24.3 Å². The highest BCUT2D eigenvalue weighted by Crippen LogP contribution is 2.30. The Labute approximate surface area is 159 Å². The van der Waals surface area contributed by atoms with Crippen molar-refractivity contribution in [1.29, 1.82) is 0 Å². The Morgan fingerprint density at radius 2 is 2.00 bits per heavy atom. The minimum Gasteiger partial charge on any atom is -0.494 e. The largest absolute Gasteiger partial charge is 0.494 e. The summed E-state index contributed by atoms with van der Waals surface area (Å²) in [5.74, 6) is 0.926. The lowest BCUT2D eigenvalue weighted by Crippen LogP contribution is -2.27. The van der Waals surface area contributed by atoms with Gasteiger partial charge in [0.15, 0.2) is 0 Å². The third kappa shape index (κ3) is 4.13. The maximum absolute atomic E-state index is 12.2. The topological polar surface area (TPSA) is 67.4 Å². The number of amides is 2. The fraction of sp³-hybridized carbons (Fsp3) is 0.364. The minimum atomic E-state index is 0.0621. The number of carbonyl (C=O) groups excluding carboxylic acids is 2. The number of anilines is 1. The first-order valence-corrected chi connectivity index (χ1v) is 9.62. The Hall–Kier alpha value is -2.82. The van der Waals surface area contributed by atoms with Gasteiger partial charge in [-0.1, -0.05) is 24.3 Å². The molecule has 1 atom stereocenters. The molecule has 0 radical (unpaired) electrons. The highest BCUT2D eigenvalue weighted by Gasteiger charge is 2.23. The molecule has 4 rings (SSSR count). The molecule has 27 heavy (non-hydrogen) atoms. The smallest absolute Gasteiger partial charge is 0.224 e. The van der Waals surface area contributed by atoms with Crippen LogP contribution >= 0.6 is 0 Å². The fourth-order valence-corrected chi connectivity index (χ4v) is 3.85. The zero-order valence-corrected chi connectivity index (χ0v) is 15.3. The summed E-state index contributed by atoms with van der Waals surface area (Å²) in [6.45, 7) is 0.500. The van der Waals surface area contributed by atoms with Crippen molar-refractivity contribution in [3.05, 3.63) is 59.2 Å². The van der Waals surface area contributed by atoms with Crippen LogP contribution in [0.2, 0.25) is 0 Å². The summed E-state index contributed by atoms with van der Waals surface area (Å²) in [4.78, 5) is 23.6. The molecule has 2 aliphatic rings. The van der Waals surface area contributed by atoms with Crippen LogP contribution < -0.4 is 15.4 Å². The molecule has 5 nitrogen and oxygen atoms in total. The predicted molar refractivity (Wildman–Crippen MR) is 104 cm³/mol. The molecule has 1 aliphatic carbocycles. The summed E-state index contributed by atoms with van der Waals surface area (Å²) in [5.41, 5.74) is 4.57. The average molecular weight is 364 g/mol. The summed E-state index contributed by atoms with van der Waals surface area (Å²) in [6, 6.07) is 14.2. The van der Waals surface area contributed by atoms with Gasteiger partial charge in [-0.2, -0.15) is 0 Å². The molecule has 0 saturated carbocycles. The Morgan fingerprint density at radius 3 is 2.93 bits per heavy atom. The third-order valence-electron chi connectivity index (χ3n) is 5.26. The monoisotopic (exact) mass is 364 g/mol. The van der Waals surface area contributed by atoms with Gasteiger partial charge in [-0.25, -0.2) is 0 Å². The molecule has 2 N–H and O–H groups in total. The first-order chi connectivity index (χ1) is 13.2. The van der Waals surface area contributed by atoms with Crippen LogP contribution in [0.5, 0.6) is 5.75 Å². The van der Waals surface area contributed by atoms with Gasteiger partial charge < -0.3 is 15.4 Å². The predicted octanol–water partition coefficient (Wildman–Crippen LogP) is 3.53. The van der Waals surface area contributed by atoms with Gasteiger partial charge in [0.25, 0.3) is 0 Å². The molecule has 2 amide bonds. The standard InChI is InChI=1S/C22H24N2O3/c25-21(24-20-10-7-15-4-1-2-5-18(15)20)6-3-13-27-17-9-11-19-16(14-17)8-12-22(26)23-19/h1-2,4-5,9,11,14,20H,3,6-8,10,12-13H2,(H,23,26)(H,24,25). The molecule has 0 bridgehead atoms. The van der Waals surface area contributed by atoms with E-state index in [2.05, 4.69) is 28.8 Å². The van der Waals surface area contributed by atoms with E-state index in [-0.39, 0.29) is 17.9 Å². The van der Waals surface area contributed by atoms with Crippen molar-refractivity contribution in [2.24, 2.45) is 0 Å². The van der Waals surface area contributed by atoms with Gasteiger partial charge in [-0.15, -0.1) is 0 Å². The lowest BCUT2D eigenvalue weighted by Gasteiger charge is -2.18. The van der Waals surface area contributed by atoms with E-state index in [1.54, 1.807) is 0 Å². The first-order valence-electron chi connectivity index (χ1n) is 9.62. The Kier molecular flexibility index (Phi) is 5.10. The number of fused-ring (bicyclic) bond motifs is 2. The molecule has 0 fully saturated rings. The molecule has 5 heteroatoms. The maximum Gasteiger partial charge on any atom is 0.224 e. The van der Waals surface area contributed by atoms with Gasteiger partial charge in [0, 0.05) is 18.5 Å². The minimum absolute atomic E-state index is 0.0621. The molecule has 0 aromatic heterocycles. The SMILES string of the molecule is O=C1CCc2cc(OCCCC(=O)NC3CCc4ccccc43)ccc2N1. The van der Waals surface area contributed by atoms with Crippen LogP contribution in [0.4, 0.5) is 5.69 Å². The summed E-state index contributed by atoms with van der Waals surface area (Å²) < 4.78 is 5.78. The highest BCUT2D eigenvalue weighted by atomic mass is 16.5. The van der Waals surface area contributed by atoms with Crippen molar-refractivity contribution in [2.75, 3.05) is 11.9 Å². The zero-order valence-electron chi connectivity index (χ0n) is 15.3. The lowest BCUT2D eigenvalue weighted by atomic mass is 10.0. The van der Waals surface area contributed by atoms with Gasteiger partial charge in [0.05, 0.1) is 12.6 Å². The van der Waals surface area contributed by atoms with Crippen molar-refractivity contribution >= 4 is 17.5 Å². The van der Waals surface area contributed by atoms with Crippen molar-refractivity contribution in [1.82, 2.24) is 5.32 Å². The molecule has 1 unspecified atom stereocenters. The lowest BCUT2D eigenvalue weighted by molar-refractivity contribution is -0.122. The van der Waals surface area contributed by atoms with Crippen LogP contribution in [0.1, 0.15) is 48.4 Å². The van der Waals surface area contributed by atoms with E-state index in [1.165, 1.54) is 11.1 Å². The second kappa shape index (κ2) is 7.82. The molecule has 2 aromatic carbocycles. The van der Waals surface area contributed by atoms with Crippen LogP contribution in [0.25, 0.3) is 0 Å². The second-order valence-electron chi connectivity index (χ2n) is 7.18. The van der Waals surface area contributed by atoms with E-state index >= 15 is 0 Å². The van der Waals surface area contributed by atoms with Crippen LogP contribution in [-0.4, -0.2) is 18.4 Å². The fourth-order valence-electron chi connectivity index (χ4n) is 3.85. The van der Waals surface area contributed by atoms with Crippen molar-refractivity contribution in [3.63, 3.8) is 0 Å². The second-order valence-corrected chi connectivity index (χ2v) is 7.18. The summed E-state index contributed by atoms with van der Waals surface area (Å²) in [6.07, 6.45) is 4.40. The summed E-state index contributed by atoms with van der Waals surface area (Å²) >= 11 is 0. The maximum atomic E-state index is 12.2. The number of aryl methyl sites for hydroxylation is 2. The Morgan fingerprint density at radius 1 is 1.11 bits per heavy atom. The van der Waals surface area contributed by atoms with Gasteiger partial charge in [0.2, 0.25) is 11.8 Å². The zero-order chi connectivity index (χ0) is 18.6. The molecule has 1 heterocycles. The van der Waals surface area contributed by atoms with Crippen LogP contribution in [0.3, 0.4) is 0 Å². The van der Waals surface area contributed by atoms with Gasteiger partial charge in [0.1, 0.15) is 5.75 Å². The first kappa shape index (κ1) is 17.6. The van der Waals surface area contributed by atoms with Gasteiger partial charge in [-0.3, -0.25) is 9.59 Å². The van der Waals surface area contributed by atoms with E-state index in [4.69, 9.17) is 4.74 Å². The molecule has 1 aliphatic heterocycles. The van der Waals surface area contributed by atoms with E-state index in [9.17, 15) is 9.59 Å². The van der Waals surface area contributed by atoms with Crippen LogP contribution in [-0.2, 0) is 22.4 Å². The number of hydrogen-bond acceptors (Lipinski definition) is 3. The summed E-state index contributed by atoms with van der Waals surface area (Å²) in [5, 5.41) is 6.01. The Balaban J connectivity index is 1.21. The van der Waals surface area contributed by atoms with Crippen LogP contribution in [0.15, 0.2) is 42.5 Å². The molecule has 0 spiro atoms. The average Bonchev–Trinajstić information content (AvgIpc) is 3.08. The van der Waals surface area contributed by atoms with Crippen LogP contribution in [0, 0.1) is 0 Å².